The second kappa shape index (κ2) is 6.55. The zero-order valence-corrected chi connectivity index (χ0v) is 18.1. The second-order valence-corrected chi connectivity index (χ2v) is 12.2. The number of carbonyl (C=O) groups is 1. The Balaban J connectivity index is 1.53. The lowest BCUT2D eigenvalue weighted by molar-refractivity contribution is -0.151. The van der Waals surface area contributed by atoms with Crippen LogP contribution in [-0.4, -0.2) is 49.8 Å². The van der Waals surface area contributed by atoms with Crippen molar-refractivity contribution in [3.63, 3.8) is 0 Å². The fraction of sp³-hybridized carbons (Fsp3) is 0.696. The van der Waals surface area contributed by atoms with Crippen LogP contribution in [0.5, 0.6) is 0 Å². The lowest BCUT2D eigenvalue weighted by Crippen LogP contribution is -2.61. The summed E-state index contributed by atoms with van der Waals surface area (Å²) in [4.78, 5) is 15.3. The average Bonchev–Trinajstić information content (AvgIpc) is 2.63. The van der Waals surface area contributed by atoms with Crippen molar-refractivity contribution in [2.45, 2.75) is 55.4 Å². The number of aliphatic hydroxyl groups is 1. The zero-order chi connectivity index (χ0) is 20.6. The van der Waals surface area contributed by atoms with Gasteiger partial charge in [0.25, 0.3) is 0 Å². The number of hydrogen-bond donors (Lipinski definition) is 1. The Labute approximate surface area is 173 Å². The number of benzene rings is 1. The van der Waals surface area contributed by atoms with E-state index in [2.05, 4.69) is 6.92 Å². The monoisotopic (exact) mass is 417 g/mol. The van der Waals surface area contributed by atoms with Gasteiger partial charge in [0, 0.05) is 31.2 Å². The molecule has 6 heteroatoms. The molecule has 5 fully saturated rings. The molecule has 4 saturated carbocycles. The molecule has 1 aromatic rings. The van der Waals surface area contributed by atoms with E-state index >= 15 is 0 Å². The molecule has 0 radical (unpaired) electrons. The minimum Gasteiger partial charge on any atom is -0.389 e. The van der Waals surface area contributed by atoms with E-state index in [4.69, 9.17) is 0 Å². The first-order valence-corrected chi connectivity index (χ1v) is 12.8. The highest BCUT2D eigenvalue weighted by Gasteiger charge is 2.60. The molecule has 4 aliphatic carbocycles. The quantitative estimate of drug-likeness (QED) is 0.817. The first-order valence-electron chi connectivity index (χ1n) is 10.9. The molecule has 0 aromatic heterocycles. The van der Waals surface area contributed by atoms with Crippen LogP contribution < -0.4 is 0 Å². The van der Waals surface area contributed by atoms with Crippen molar-refractivity contribution in [2.24, 2.45) is 29.6 Å². The van der Waals surface area contributed by atoms with E-state index in [0.29, 0.717) is 36.2 Å². The van der Waals surface area contributed by atoms with Gasteiger partial charge in [-0.05, 0) is 73.0 Å². The Hall–Kier alpha value is -1.40. The van der Waals surface area contributed by atoms with Crippen molar-refractivity contribution in [2.75, 3.05) is 19.3 Å². The summed E-state index contributed by atoms with van der Waals surface area (Å²) >= 11 is 0. The molecule has 1 aliphatic heterocycles. The highest BCUT2D eigenvalue weighted by molar-refractivity contribution is 7.90. The summed E-state index contributed by atoms with van der Waals surface area (Å²) in [5, 5.41) is 9.64. The maximum absolute atomic E-state index is 13.2. The third-order valence-electron chi connectivity index (χ3n) is 8.77. The molecule has 6 rings (SSSR count). The zero-order valence-electron chi connectivity index (χ0n) is 17.3. The van der Waals surface area contributed by atoms with E-state index < -0.39 is 9.84 Å². The molecule has 5 nitrogen and oxygen atoms in total. The topological polar surface area (TPSA) is 74.7 Å². The molecule has 0 unspecified atom stereocenters. The number of amides is 1. The van der Waals surface area contributed by atoms with Crippen molar-refractivity contribution in [3.05, 3.63) is 29.8 Å². The third kappa shape index (κ3) is 2.97. The molecule has 1 heterocycles. The molecule has 1 saturated heterocycles. The summed E-state index contributed by atoms with van der Waals surface area (Å²) in [5.41, 5.74) is 0.946. The highest BCUT2D eigenvalue weighted by atomic mass is 32.2. The van der Waals surface area contributed by atoms with Crippen LogP contribution in [-0.2, 0) is 20.0 Å². The predicted octanol–water partition coefficient (Wildman–Crippen LogP) is 2.62. The van der Waals surface area contributed by atoms with Crippen molar-refractivity contribution in [1.29, 1.82) is 0 Å². The Morgan fingerprint density at radius 3 is 2.03 bits per heavy atom. The van der Waals surface area contributed by atoms with Gasteiger partial charge in [-0.2, -0.15) is 0 Å². The smallest absolute Gasteiger partial charge is 0.223 e. The number of carbonyl (C=O) groups excluding carboxylic acids is 1. The van der Waals surface area contributed by atoms with Crippen LogP contribution in [0.1, 0.15) is 44.6 Å². The first kappa shape index (κ1) is 19.6. The summed E-state index contributed by atoms with van der Waals surface area (Å²) in [6.07, 6.45) is 6.05. The third-order valence-corrected chi connectivity index (χ3v) is 9.90. The van der Waals surface area contributed by atoms with Crippen LogP contribution >= 0.6 is 0 Å². The molecule has 29 heavy (non-hydrogen) atoms. The molecule has 5 aliphatic rings. The van der Waals surface area contributed by atoms with Crippen molar-refractivity contribution >= 4 is 15.7 Å². The van der Waals surface area contributed by atoms with Gasteiger partial charge in [-0.15, -0.1) is 0 Å². The molecule has 0 spiro atoms. The lowest BCUT2D eigenvalue weighted by Gasteiger charge is -2.64. The van der Waals surface area contributed by atoms with Gasteiger partial charge >= 0.3 is 0 Å². The van der Waals surface area contributed by atoms with Crippen LogP contribution in [0, 0.1) is 29.6 Å². The van der Waals surface area contributed by atoms with E-state index in [-0.39, 0.29) is 17.4 Å². The number of β-amino-alcohol motifs (C(OH)–C–C–N with tert-alkyl or cyclic N) is 1. The summed E-state index contributed by atoms with van der Waals surface area (Å²) in [6, 6.07) is 7.39. The van der Waals surface area contributed by atoms with Gasteiger partial charge < -0.3 is 10.0 Å². The maximum atomic E-state index is 13.2. The Morgan fingerprint density at radius 2 is 1.59 bits per heavy atom. The molecular weight excluding hydrogens is 386 g/mol. The molecule has 4 bridgehead atoms. The van der Waals surface area contributed by atoms with Gasteiger partial charge in [0.1, 0.15) is 0 Å². The molecule has 1 aromatic carbocycles. The van der Waals surface area contributed by atoms with Crippen LogP contribution in [0.2, 0.25) is 0 Å². The number of sulfone groups is 1. The van der Waals surface area contributed by atoms with Gasteiger partial charge in [0.05, 0.1) is 11.0 Å². The van der Waals surface area contributed by atoms with E-state index in [9.17, 15) is 18.3 Å². The molecule has 1 N–H and O–H groups in total. The standard InChI is InChI=1S/C23H31NO4S/c1-14-15-7-18-9-16(14)10-19(8-15)23(18,11-22(26)24-12-20(25)13-24)17-3-5-21(6-4-17)29(2,27)28/h3-6,14-16,18-20,25H,7-13H2,1-2H3. The van der Waals surface area contributed by atoms with E-state index in [1.54, 1.807) is 17.0 Å². The Kier molecular flexibility index (Phi) is 4.42. The SMILES string of the molecule is CC1C2CC3CC1CC(C2)C3(CC(=O)N1CC(O)C1)c1ccc(S(C)(=O)=O)cc1. The van der Waals surface area contributed by atoms with Crippen LogP contribution in [0.15, 0.2) is 29.2 Å². The van der Waals surface area contributed by atoms with Crippen LogP contribution in [0.4, 0.5) is 0 Å². The minimum atomic E-state index is -3.24. The predicted molar refractivity (Wildman–Crippen MR) is 110 cm³/mol. The molecule has 0 atom stereocenters. The van der Waals surface area contributed by atoms with Gasteiger partial charge in [0.15, 0.2) is 9.84 Å². The van der Waals surface area contributed by atoms with Gasteiger partial charge in [-0.1, -0.05) is 19.1 Å². The number of likely N-dealkylation sites (tertiary alicyclic amines) is 1. The van der Waals surface area contributed by atoms with Gasteiger partial charge in [-0.25, -0.2) is 8.42 Å². The van der Waals surface area contributed by atoms with E-state index in [1.165, 1.54) is 31.9 Å². The summed E-state index contributed by atoms with van der Waals surface area (Å²) in [6.45, 7) is 3.29. The molecule has 1 amide bonds. The van der Waals surface area contributed by atoms with E-state index in [0.717, 1.165) is 23.3 Å². The first-order chi connectivity index (χ1) is 13.7. The molecule has 158 valence electrons. The normalized spacial score (nSPS) is 38.9. The second-order valence-electron chi connectivity index (χ2n) is 10.2. The lowest BCUT2D eigenvalue weighted by atomic mass is 9.41. The fourth-order valence-electron chi connectivity index (χ4n) is 7.16. The number of nitrogens with zero attached hydrogens (tertiary/aromatic N) is 1. The largest absolute Gasteiger partial charge is 0.389 e. The summed E-state index contributed by atoms with van der Waals surface area (Å²) < 4.78 is 23.9. The Morgan fingerprint density at radius 1 is 1.07 bits per heavy atom. The molecular formula is C23H31NO4S. The van der Waals surface area contributed by atoms with Gasteiger partial charge in [-0.3, -0.25) is 4.79 Å². The maximum Gasteiger partial charge on any atom is 0.223 e. The Bertz CT molecular complexity index is 887. The number of rotatable bonds is 4. The fourth-order valence-corrected chi connectivity index (χ4v) is 7.79. The number of hydrogen-bond acceptors (Lipinski definition) is 4. The summed E-state index contributed by atoms with van der Waals surface area (Å²) in [7, 11) is -3.24. The minimum absolute atomic E-state index is 0.142. The van der Waals surface area contributed by atoms with Crippen LogP contribution in [0.25, 0.3) is 0 Å². The van der Waals surface area contributed by atoms with Crippen molar-refractivity contribution in [3.8, 4) is 0 Å². The van der Waals surface area contributed by atoms with Crippen molar-refractivity contribution < 1.29 is 18.3 Å². The van der Waals surface area contributed by atoms with Crippen molar-refractivity contribution in [1.82, 2.24) is 4.90 Å². The van der Waals surface area contributed by atoms with E-state index in [1.807, 2.05) is 12.1 Å². The van der Waals surface area contributed by atoms with Gasteiger partial charge in [0.2, 0.25) is 5.91 Å². The summed E-state index contributed by atoms with van der Waals surface area (Å²) in [5.74, 6) is 3.43. The highest BCUT2D eigenvalue weighted by Crippen LogP contribution is 2.65. The average molecular weight is 418 g/mol. The van der Waals surface area contributed by atoms with Crippen LogP contribution in [0.3, 0.4) is 0 Å². The number of aliphatic hydroxyl groups excluding tert-OH is 1.